The number of alkyl halides is 3. The van der Waals surface area contributed by atoms with Crippen molar-refractivity contribution in [2.24, 2.45) is 0 Å². The molecule has 0 saturated carbocycles. The first-order valence-corrected chi connectivity index (χ1v) is 10.1. The van der Waals surface area contributed by atoms with Crippen molar-refractivity contribution in [3.8, 4) is 17.6 Å². The molecule has 0 bridgehead atoms. The molecular formula is C24H14F4N4O4. The predicted octanol–water partition coefficient (Wildman–Crippen LogP) is 4.31. The first kappa shape index (κ1) is 24.2. The Hall–Kier alpha value is -4.92. The van der Waals surface area contributed by atoms with Gasteiger partial charge in [-0.25, -0.2) is 9.37 Å². The van der Waals surface area contributed by atoms with Gasteiger partial charge in [0.25, 0.3) is 11.5 Å². The summed E-state index contributed by atoms with van der Waals surface area (Å²) < 4.78 is 56.5. The molecule has 1 amide bonds. The summed E-state index contributed by atoms with van der Waals surface area (Å²) in [6.07, 6.45) is -3.66. The van der Waals surface area contributed by atoms with Crippen molar-refractivity contribution in [2.75, 3.05) is 5.32 Å². The zero-order valence-corrected chi connectivity index (χ0v) is 18.0. The molecule has 2 N–H and O–H groups in total. The van der Waals surface area contributed by atoms with E-state index >= 15 is 0 Å². The molecule has 0 fully saturated rings. The van der Waals surface area contributed by atoms with E-state index in [2.05, 4.69) is 15.0 Å². The number of ether oxygens (including phenoxy) is 1. The number of hydrogen-bond acceptors (Lipinski definition) is 6. The second-order valence-corrected chi connectivity index (χ2v) is 7.49. The lowest BCUT2D eigenvalue weighted by Crippen LogP contribution is -2.23. The van der Waals surface area contributed by atoms with Gasteiger partial charge in [0.05, 0.1) is 35.0 Å². The summed E-state index contributed by atoms with van der Waals surface area (Å²) in [6, 6.07) is 12.8. The number of anilines is 1. The number of phenols is 1. The molecule has 12 heteroatoms. The molecule has 8 nitrogen and oxygen atoms in total. The summed E-state index contributed by atoms with van der Waals surface area (Å²) >= 11 is 0. The van der Waals surface area contributed by atoms with Gasteiger partial charge in [-0.05, 0) is 42.0 Å². The van der Waals surface area contributed by atoms with Crippen LogP contribution in [0.3, 0.4) is 0 Å². The Bertz CT molecular complexity index is 1590. The van der Waals surface area contributed by atoms with Gasteiger partial charge in [0.1, 0.15) is 11.8 Å². The fraction of sp³-hybridized carbons (Fsp3) is 0.0833. The lowest BCUT2D eigenvalue weighted by molar-refractivity contribution is -0.274. The van der Waals surface area contributed by atoms with E-state index in [9.17, 15) is 32.3 Å². The van der Waals surface area contributed by atoms with E-state index in [1.165, 1.54) is 36.7 Å². The minimum absolute atomic E-state index is 0.00389. The van der Waals surface area contributed by atoms with Crippen LogP contribution in [0.1, 0.15) is 21.5 Å². The number of nitrogens with zero attached hydrogens (tertiary/aromatic N) is 3. The van der Waals surface area contributed by atoms with Crippen molar-refractivity contribution >= 4 is 22.5 Å². The highest BCUT2D eigenvalue weighted by Crippen LogP contribution is 2.25. The number of aromatic hydroxyl groups is 1. The molecule has 0 spiro atoms. The van der Waals surface area contributed by atoms with Gasteiger partial charge < -0.3 is 15.2 Å². The summed E-state index contributed by atoms with van der Waals surface area (Å²) in [5, 5.41) is 21.0. The van der Waals surface area contributed by atoms with Gasteiger partial charge >= 0.3 is 6.36 Å². The highest BCUT2D eigenvalue weighted by molar-refractivity contribution is 6.08. The summed E-state index contributed by atoms with van der Waals surface area (Å²) in [7, 11) is 0. The van der Waals surface area contributed by atoms with Crippen molar-refractivity contribution in [2.45, 2.75) is 12.9 Å². The van der Waals surface area contributed by atoms with Crippen LogP contribution < -0.4 is 15.6 Å². The van der Waals surface area contributed by atoms with E-state index in [0.29, 0.717) is 5.56 Å². The van der Waals surface area contributed by atoms with Gasteiger partial charge in [-0.2, -0.15) is 5.26 Å². The van der Waals surface area contributed by atoms with Crippen molar-refractivity contribution in [1.29, 1.82) is 5.26 Å². The third-order valence-electron chi connectivity index (χ3n) is 5.03. The van der Waals surface area contributed by atoms with Crippen molar-refractivity contribution < 1.29 is 32.2 Å². The number of nitrogens with one attached hydrogen (secondary N) is 1. The minimum Gasteiger partial charge on any atom is -0.504 e. The van der Waals surface area contributed by atoms with Crippen molar-refractivity contribution in [3.05, 3.63) is 93.8 Å². The number of hydrogen-bond donors (Lipinski definition) is 2. The van der Waals surface area contributed by atoms with Crippen LogP contribution in [0, 0.1) is 17.1 Å². The first-order chi connectivity index (χ1) is 17.1. The number of nitriles is 1. The molecule has 36 heavy (non-hydrogen) atoms. The predicted molar refractivity (Wildman–Crippen MR) is 119 cm³/mol. The molecular weight excluding hydrogens is 484 g/mol. The van der Waals surface area contributed by atoms with E-state index in [0.717, 1.165) is 28.8 Å². The molecule has 4 rings (SSSR count). The lowest BCUT2D eigenvalue weighted by atomic mass is 10.1. The Kier molecular flexibility index (Phi) is 6.31. The molecule has 1 heterocycles. The van der Waals surface area contributed by atoms with Crippen molar-refractivity contribution in [3.63, 3.8) is 0 Å². The zero-order valence-electron chi connectivity index (χ0n) is 18.0. The number of amides is 1. The fourth-order valence-corrected chi connectivity index (χ4v) is 3.46. The van der Waals surface area contributed by atoms with E-state index in [1.54, 1.807) is 6.07 Å². The van der Waals surface area contributed by atoms with Crippen LogP contribution in [0.5, 0.6) is 11.5 Å². The number of carbonyl (C=O) groups is 1. The monoisotopic (exact) mass is 498 g/mol. The normalized spacial score (nSPS) is 11.2. The molecule has 0 atom stereocenters. The van der Waals surface area contributed by atoms with Crippen LogP contribution in [-0.2, 0) is 6.54 Å². The molecule has 1 aromatic heterocycles. The molecule has 0 aliphatic rings. The Balaban J connectivity index is 1.68. The zero-order chi connectivity index (χ0) is 26.0. The molecule has 182 valence electrons. The number of phenolic OH excluding ortho intramolecular Hbond substituents is 1. The quantitative estimate of drug-likeness (QED) is 0.396. The van der Waals surface area contributed by atoms with Gasteiger partial charge in [0.15, 0.2) is 11.6 Å². The highest BCUT2D eigenvalue weighted by atomic mass is 19.4. The fourth-order valence-electron chi connectivity index (χ4n) is 3.46. The molecule has 0 unspecified atom stereocenters. The second-order valence-electron chi connectivity index (χ2n) is 7.49. The number of rotatable bonds is 5. The number of benzene rings is 3. The highest BCUT2D eigenvalue weighted by Gasteiger charge is 2.31. The molecule has 0 saturated heterocycles. The van der Waals surface area contributed by atoms with Crippen LogP contribution in [0.25, 0.3) is 10.9 Å². The molecule has 0 radical (unpaired) electrons. The lowest BCUT2D eigenvalue weighted by Gasteiger charge is -2.13. The Labute approximate surface area is 199 Å². The summed E-state index contributed by atoms with van der Waals surface area (Å²) in [4.78, 5) is 30.1. The number of fused-ring (bicyclic) bond motifs is 1. The third-order valence-corrected chi connectivity index (χ3v) is 5.03. The van der Waals surface area contributed by atoms with Gasteiger partial charge in [0.2, 0.25) is 0 Å². The molecule has 0 aliphatic carbocycles. The third kappa shape index (κ3) is 5.10. The van der Waals surface area contributed by atoms with Gasteiger partial charge in [-0.1, -0.05) is 18.2 Å². The maximum Gasteiger partial charge on any atom is 0.573 e. The molecule has 4 aromatic rings. The van der Waals surface area contributed by atoms with Crippen LogP contribution in [0.15, 0.2) is 65.7 Å². The summed E-state index contributed by atoms with van der Waals surface area (Å²) in [6.45, 7) is -0.145. The van der Waals surface area contributed by atoms with Crippen LogP contribution >= 0.6 is 0 Å². The smallest absolute Gasteiger partial charge is 0.504 e. The molecule has 3 aromatic carbocycles. The van der Waals surface area contributed by atoms with Crippen LogP contribution in [-0.4, -0.2) is 26.9 Å². The Morgan fingerprint density at radius 1 is 1.17 bits per heavy atom. The van der Waals surface area contributed by atoms with Crippen molar-refractivity contribution in [1.82, 2.24) is 9.55 Å². The van der Waals surface area contributed by atoms with Gasteiger partial charge in [0, 0.05) is 5.56 Å². The van der Waals surface area contributed by atoms with E-state index in [-0.39, 0.29) is 28.7 Å². The average Bonchev–Trinajstić information content (AvgIpc) is 2.81. The van der Waals surface area contributed by atoms with E-state index < -0.39 is 40.7 Å². The minimum atomic E-state index is -4.87. The number of carbonyl (C=O) groups excluding carboxylic acids is 1. The second kappa shape index (κ2) is 9.38. The summed E-state index contributed by atoms with van der Waals surface area (Å²) in [5.41, 5.74) is -0.746. The van der Waals surface area contributed by atoms with E-state index in [4.69, 9.17) is 5.26 Å². The average molecular weight is 498 g/mol. The summed E-state index contributed by atoms with van der Waals surface area (Å²) in [5.74, 6) is -3.37. The number of aromatic nitrogens is 2. The largest absolute Gasteiger partial charge is 0.573 e. The Morgan fingerprint density at radius 2 is 1.92 bits per heavy atom. The number of halogens is 4. The van der Waals surface area contributed by atoms with Crippen LogP contribution in [0.2, 0.25) is 0 Å². The molecule has 0 aliphatic heterocycles. The maximum atomic E-state index is 13.9. The van der Waals surface area contributed by atoms with Gasteiger partial charge in [-0.3, -0.25) is 14.2 Å². The topological polar surface area (TPSA) is 117 Å². The standard InChI is InChI=1S/C24H14F4N4O4/c25-17-9-14(8-15(10-29)21(17)33)22(34)31-19-6-2-5-18-20(19)23(35)32(12-30-18)11-13-3-1-4-16(7-13)36-24(26,27)28/h1-9,12,33H,11H2,(H,31,34). The van der Waals surface area contributed by atoms with Gasteiger partial charge in [-0.15, -0.1) is 13.2 Å². The first-order valence-electron chi connectivity index (χ1n) is 10.1. The van der Waals surface area contributed by atoms with E-state index in [1.807, 2.05) is 0 Å². The van der Waals surface area contributed by atoms with Crippen LogP contribution in [0.4, 0.5) is 23.2 Å². The Morgan fingerprint density at radius 3 is 2.64 bits per heavy atom. The SMILES string of the molecule is N#Cc1cc(C(=O)Nc2cccc3ncn(Cc4cccc(OC(F)(F)F)c4)c(=O)c23)cc(F)c1O. The maximum absolute atomic E-state index is 13.9.